The van der Waals surface area contributed by atoms with Gasteiger partial charge in [-0.05, 0) is 66.9 Å². The highest BCUT2D eigenvalue weighted by Gasteiger charge is 1.97. The molecule has 0 aromatic heterocycles. The summed E-state index contributed by atoms with van der Waals surface area (Å²) < 4.78 is 11.6. The fraction of sp³-hybridized carbons (Fsp3) is 0.500. The molecule has 0 unspecified atom stereocenters. The Morgan fingerprint density at radius 1 is 0.621 bits per heavy atom. The van der Waals surface area contributed by atoms with E-state index >= 15 is 0 Å². The van der Waals surface area contributed by atoms with Crippen molar-refractivity contribution in [1.29, 1.82) is 0 Å². The van der Waals surface area contributed by atoms with E-state index in [1.54, 1.807) is 0 Å². The highest BCUT2D eigenvalue weighted by atomic mass is 16.5. The van der Waals surface area contributed by atoms with E-state index in [1.165, 1.54) is 44.9 Å². The Labute approximate surface area is 177 Å². The van der Waals surface area contributed by atoms with E-state index in [0.29, 0.717) is 0 Å². The van der Waals surface area contributed by atoms with Gasteiger partial charge in [-0.3, -0.25) is 4.99 Å². The number of ether oxygens (including phenoxy) is 2. The number of nitrogens with zero attached hydrogens (tertiary/aromatic N) is 1. The largest absolute Gasteiger partial charge is 0.494 e. The SMILES string of the molecule is CCCCCCCOc1ccc(C=Nc2ccc(OCCCCCC)cc2)cc1. The van der Waals surface area contributed by atoms with Gasteiger partial charge >= 0.3 is 0 Å². The quantitative estimate of drug-likeness (QED) is 0.228. The summed E-state index contributed by atoms with van der Waals surface area (Å²) in [6.45, 7) is 6.04. The number of hydrogen-bond acceptors (Lipinski definition) is 3. The zero-order chi connectivity index (χ0) is 20.6. The lowest BCUT2D eigenvalue weighted by Crippen LogP contribution is -1.97. The third-order valence-electron chi connectivity index (χ3n) is 4.86. The first-order chi connectivity index (χ1) is 14.3. The molecule has 0 aliphatic carbocycles. The van der Waals surface area contributed by atoms with Gasteiger partial charge in [-0.2, -0.15) is 0 Å². The molecule has 0 aliphatic rings. The van der Waals surface area contributed by atoms with Gasteiger partial charge in [0, 0.05) is 6.21 Å². The average molecular weight is 396 g/mol. The van der Waals surface area contributed by atoms with Crippen molar-refractivity contribution in [2.75, 3.05) is 13.2 Å². The van der Waals surface area contributed by atoms with Gasteiger partial charge in [-0.1, -0.05) is 58.8 Å². The summed E-state index contributed by atoms with van der Waals surface area (Å²) in [6, 6.07) is 16.1. The first kappa shape index (κ1) is 23.0. The molecule has 0 amide bonds. The molecule has 0 N–H and O–H groups in total. The van der Waals surface area contributed by atoms with Gasteiger partial charge in [0.1, 0.15) is 11.5 Å². The second-order valence-electron chi connectivity index (χ2n) is 7.49. The van der Waals surface area contributed by atoms with Crippen molar-refractivity contribution in [1.82, 2.24) is 0 Å². The summed E-state index contributed by atoms with van der Waals surface area (Å²) in [7, 11) is 0. The van der Waals surface area contributed by atoms with E-state index in [4.69, 9.17) is 9.47 Å². The van der Waals surface area contributed by atoms with Gasteiger partial charge in [0.15, 0.2) is 0 Å². The van der Waals surface area contributed by atoms with Crippen LogP contribution in [0.25, 0.3) is 0 Å². The first-order valence-corrected chi connectivity index (χ1v) is 11.3. The van der Waals surface area contributed by atoms with Crippen molar-refractivity contribution in [3.05, 3.63) is 54.1 Å². The van der Waals surface area contributed by atoms with Crippen LogP contribution < -0.4 is 9.47 Å². The van der Waals surface area contributed by atoms with E-state index in [-0.39, 0.29) is 0 Å². The normalized spacial score (nSPS) is 11.1. The Hall–Kier alpha value is -2.29. The smallest absolute Gasteiger partial charge is 0.119 e. The van der Waals surface area contributed by atoms with Crippen molar-refractivity contribution in [2.24, 2.45) is 4.99 Å². The van der Waals surface area contributed by atoms with Crippen LogP contribution in [0.15, 0.2) is 53.5 Å². The van der Waals surface area contributed by atoms with E-state index in [9.17, 15) is 0 Å². The molecule has 2 aromatic carbocycles. The van der Waals surface area contributed by atoms with Crippen molar-refractivity contribution in [2.45, 2.75) is 71.6 Å². The standard InChI is InChI=1S/C26H37NO2/c1-3-5-7-9-11-21-28-25-16-12-23(13-17-25)22-27-24-14-18-26(19-15-24)29-20-10-8-6-4-2/h12-19,22H,3-11,20-21H2,1-2H3. The summed E-state index contributed by atoms with van der Waals surface area (Å²) in [5.74, 6) is 1.84. The van der Waals surface area contributed by atoms with Crippen molar-refractivity contribution >= 4 is 11.9 Å². The van der Waals surface area contributed by atoms with Crippen LogP contribution >= 0.6 is 0 Å². The monoisotopic (exact) mass is 395 g/mol. The summed E-state index contributed by atoms with van der Waals surface area (Å²) >= 11 is 0. The number of hydrogen-bond donors (Lipinski definition) is 0. The Morgan fingerprint density at radius 2 is 1.10 bits per heavy atom. The number of unbranched alkanes of at least 4 members (excludes halogenated alkanes) is 7. The van der Waals surface area contributed by atoms with Crippen LogP contribution in [0, 0.1) is 0 Å². The topological polar surface area (TPSA) is 30.8 Å². The van der Waals surface area contributed by atoms with Crippen LogP contribution in [-0.2, 0) is 0 Å². The average Bonchev–Trinajstić information content (AvgIpc) is 2.76. The maximum absolute atomic E-state index is 5.81. The van der Waals surface area contributed by atoms with Gasteiger partial charge in [0.2, 0.25) is 0 Å². The minimum atomic E-state index is 0.787. The molecule has 0 heterocycles. The number of benzene rings is 2. The van der Waals surface area contributed by atoms with E-state index in [2.05, 4.69) is 18.8 Å². The number of rotatable bonds is 15. The summed E-state index contributed by atoms with van der Waals surface area (Å²) in [5.41, 5.74) is 1.99. The van der Waals surface area contributed by atoms with Gasteiger partial charge in [0.25, 0.3) is 0 Å². The maximum Gasteiger partial charge on any atom is 0.119 e. The van der Waals surface area contributed by atoms with Crippen LogP contribution in [-0.4, -0.2) is 19.4 Å². The molecule has 0 atom stereocenters. The molecule has 0 saturated carbocycles. The van der Waals surface area contributed by atoms with Crippen LogP contribution in [0.3, 0.4) is 0 Å². The molecule has 2 aromatic rings. The fourth-order valence-electron chi connectivity index (χ4n) is 3.04. The molecule has 0 radical (unpaired) electrons. The molecule has 29 heavy (non-hydrogen) atoms. The zero-order valence-electron chi connectivity index (χ0n) is 18.2. The van der Waals surface area contributed by atoms with Crippen LogP contribution in [0.5, 0.6) is 11.5 Å². The second-order valence-corrected chi connectivity index (χ2v) is 7.49. The summed E-state index contributed by atoms with van der Waals surface area (Å²) in [6.07, 6.45) is 13.1. The van der Waals surface area contributed by atoms with Crippen LogP contribution in [0.4, 0.5) is 5.69 Å². The highest BCUT2D eigenvalue weighted by molar-refractivity contribution is 5.82. The van der Waals surface area contributed by atoms with Gasteiger partial charge in [0.05, 0.1) is 18.9 Å². The Balaban J connectivity index is 1.70. The molecule has 3 nitrogen and oxygen atoms in total. The molecule has 0 bridgehead atoms. The molecule has 3 heteroatoms. The molecule has 0 spiro atoms. The van der Waals surface area contributed by atoms with Crippen molar-refractivity contribution < 1.29 is 9.47 Å². The second kappa shape index (κ2) is 14.7. The molecule has 0 fully saturated rings. The molecule has 0 saturated heterocycles. The minimum Gasteiger partial charge on any atom is -0.494 e. The van der Waals surface area contributed by atoms with Gasteiger partial charge < -0.3 is 9.47 Å². The lowest BCUT2D eigenvalue weighted by Gasteiger charge is -2.06. The van der Waals surface area contributed by atoms with E-state index in [0.717, 1.165) is 48.8 Å². The molecule has 2 rings (SSSR count). The van der Waals surface area contributed by atoms with E-state index < -0.39 is 0 Å². The van der Waals surface area contributed by atoms with E-state index in [1.807, 2.05) is 54.7 Å². The zero-order valence-corrected chi connectivity index (χ0v) is 18.2. The fourth-order valence-corrected chi connectivity index (χ4v) is 3.04. The first-order valence-electron chi connectivity index (χ1n) is 11.3. The molecule has 158 valence electrons. The third kappa shape index (κ3) is 10.2. The lowest BCUT2D eigenvalue weighted by molar-refractivity contribution is 0.304. The number of aliphatic imine (C=N–C) groups is 1. The lowest BCUT2D eigenvalue weighted by atomic mass is 10.2. The Kier molecular flexibility index (Phi) is 11.6. The third-order valence-corrected chi connectivity index (χ3v) is 4.86. The van der Waals surface area contributed by atoms with Crippen molar-refractivity contribution in [3.8, 4) is 11.5 Å². The molecular formula is C26H37NO2. The molecular weight excluding hydrogens is 358 g/mol. The van der Waals surface area contributed by atoms with Crippen LogP contribution in [0.2, 0.25) is 0 Å². The Bertz CT molecular complexity index is 677. The van der Waals surface area contributed by atoms with Gasteiger partial charge in [-0.25, -0.2) is 0 Å². The van der Waals surface area contributed by atoms with Gasteiger partial charge in [-0.15, -0.1) is 0 Å². The molecule has 0 aliphatic heterocycles. The van der Waals surface area contributed by atoms with Crippen molar-refractivity contribution in [3.63, 3.8) is 0 Å². The summed E-state index contributed by atoms with van der Waals surface area (Å²) in [5, 5.41) is 0. The minimum absolute atomic E-state index is 0.787. The predicted octanol–water partition coefficient (Wildman–Crippen LogP) is 7.75. The van der Waals surface area contributed by atoms with Crippen LogP contribution in [0.1, 0.15) is 77.2 Å². The predicted molar refractivity (Wildman–Crippen MR) is 124 cm³/mol. The Morgan fingerprint density at radius 3 is 1.66 bits per heavy atom. The summed E-state index contributed by atoms with van der Waals surface area (Å²) in [4.78, 5) is 4.55. The highest BCUT2D eigenvalue weighted by Crippen LogP contribution is 2.19. The maximum atomic E-state index is 5.81.